The Morgan fingerprint density at radius 2 is 1.73 bits per heavy atom. The highest BCUT2D eigenvalue weighted by Gasteiger charge is 2.47. The van der Waals surface area contributed by atoms with Gasteiger partial charge in [-0.3, -0.25) is 14.4 Å². The van der Waals surface area contributed by atoms with Crippen molar-refractivity contribution in [1.82, 2.24) is 29.1 Å². The summed E-state index contributed by atoms with van der Waals surface area (Å²) in [6.07, 6.45) is 3.09. The molecule has 1 N–H and O–H groups in total. The number of halogens is 3. The molecule has 2 aliphatic rings. The molecule has 1 fully saturated rings. The van der Waals surface area contributed by atoms with Crippen molar-refractivity contribution in [2.24, 2.45) is 7.05 Å². The lowest BCUT2D eigenvalue weighted by atomic mass is 9.83. The summed E-state index contributed by atoms with van der Waals surface area (Å²) in [4.78, 5) is 31.5. The van der Waals surface area contributed by atoms with Crippen LogP contribution in [0.3, 0.4) is 0 Å². The first kappa shape index (κ1) is 29.1. The van der Waals surface area contributed by atoms with E-state index in [9.17, 15) is 18.0 Å². The number of methoxy groups -OCH3 is 1. The van der Waals surface area contributed by atoms with Gasteiger partial charge in [-0.05, 0) is 37.1 Å². The fraction of sp³-hybridized carbons (Fsp3) is 0.481. The van der Waals surface area contributed by atoms with Crippen LogP contribution < -0.4 is 4.74 Å². The van der Waals surface area contributed by atoms with Gasteiger partial charge in [-0.15, -0.1) is 0 Å². The monoisotopic (exact) mass is 562 g/mol. The summed E-state index contributed by atoms with van der Waals surface area (Å²) in [5.74, 6) is -0.623. The van der Waals surface area contributed by atoms with E-state index < -0.39 is 12.1 Å². The number of carboxylic acids is 1. The molecule has 1 saturated heterocycles. The molecule has 1 amide bonds. The summed E-state index contributed by atoms with van der Waals surface area (Å²) in [5, 5.41) is 11.5. The Morgan fingerprint density at radius 1 is 1.07 bits per heavy atom. The van der Waals surface area contributed by atoms with Crippen molar-refractivity contribution >= 4 is 11.9 Å². The van der Waals surface area contributed by atoms with Gasteiger partial charge in [0, 0.05) is 45.0 Å². The van der Waals surface area contributed by atoms with Gasteiger partial charge in [-0.25, -0.2) is 9.78 Å². The third kappa shape index (κ3) is 5.98. The molecule has 2 aliphatic heterocycles. The van der Waals surface area contributed by atoms with E-state index in [0.29, 0.717) is 6.42 Å². The number of likely N-dealkylation sites (N-methyl/N-ethyl adjacent to an activating group) is 1. The van der Waals surface area contributed by atoms with Gasteiger partial charge in [-0.2, -0.15) is 18.3 Å². The Hall–Kier alpha value is -3.87. The Balaban J connectivity index is 0.000000470. The van der Waals surface area contributed by atoms with Crippen molar-refractivity contribution in [2.75, 3.05) is 33.3 Å². The van der Waals surface area contributed by atoms with Crippen LogP contribution >= 0.6 is 0 Å². The second-order valence-electron chi connectivity index (χ2n) is 9.84. The highest BCUT2D eigenvalue weighted by Crippen LogP contribution is 2.42. The normalized spacial score (nSPS) is 16.7. The zero-order valence-electron chi connectivity index (χ0n) is 22.7. The number of carboxylic acid groups (broad SMARTS) is 1. The van der Waals surface area contributed by atoms with Crippen molar-refractivity contribution < 1.29 is 32.6 Å². The third-order valence-corrected chi connectivity index (χ3v) is 7.55. The molecular weight excluding hydrogens is 529 g/mol. The zero-order chi connectivity index (χ0) is 29.1. The number of nitrogens with zero attached hydrogens (tertiary/aromatic N) is 6. The first-order valence-electron chi connectivity index (χ1n) is 13.0. The molecule has 1 aromatic carbocycles. The number of rotatable bonds is 5. The molecule has 5 rings (SSSR count). The molecule has 4 heterocycles. The predicted molar refractivity (Wildman–Crippen MR) is 140 cm³/mol. The van der Waals surface area contributed by atoms with Gasteiger partial charge >= 0.3 is 12.1 Å². The molecular formula is C27H33F3N6O4. The van der Waals surface area contributed by atoms with Gasteiger partial charge in [0.2, 0.25) is 5.91 Å². The second-order valence-corrected chi connectivity index (χ2v) is 9.84. The molecule has 1 spiro atoms. The number of carbonyl (C=O) groups excluding carboxylic acids is 1. The van der Waals surface area contributed by atoms with E-state index in [1.54, 1.807) is 7.11 Å². The topological polar surface area (TPSA) is 106 Å². The van der Waals surface area contributed by atoms with Crippen LogP contribution in [0, 0.1) is 0 Å². The quantitative estimate of drug-likeness (QED) is 0.509. The maximum atomic E-state index is 13.0. The maximum absolute atomic E-state index is 13.0. The van der Waals surface area contributed by atoms with E-state index in [1.165, 1.54) is 0 Å². The van der Waals surface area contributed by atoms with Gasteiger partial charge in [-0.1, -0.05) is 19.1 Å². The number of benzene rings is 1. The minimum atomic E-state index is -5.08. The molecule has 0 aliphatic carbocycles. The van der Waals surface area contributed by atoms with Gasteiger partial charge in [0.15, 0.2) is 0 Å². The zero-order valence-corrected chi connectivity index (χ0v) is 22.7. The van der Waals surface area contributed by atoms with E-state index in [0.717, 1.165) is 74.0 Å². The van der Waals surface area contributed by atoms with Crippen LogP contribution in [0.25, 0.3) is 11.3 Å². The highest BCUT2D eigenvalue weighted by molar-refractivity contribution is 5.79. The molecule has 0 atom stereocenters. The molecule has 10 nitrogen and oxygen atoms in total. The lowest BCUT2D eigenvalue weighted by Gasteiger charge is -2.50. The van der Waals surface area contributed by atoms with Crippen molar-refractivity contribution in [3.05, 3.63) is 54.2 Å². The first-order valence-corrected chi connectivity index (χ1v) is 13.0. The lowest BCUT2D eigenvalue weighted by Crippen LogP contribution is -2.58. The van der Waals surface area contributed by atoms with Crippen molar-refractivity contribution in [3.63, 3.8) is 0 Å². The number of carbonyl (C=O) groups is 2. The van der Waals surface area contributed by atoms with Crippen LogP contribution in [-0.2, 0) is 35.1 Å². The Morgan fingerprint density at radius 3 is 2.25 bits per heavy atom. The number of aryl methyl sites for hydroxylation is 1. The largest absolute Gasteiger partial charge is 0.497 e. The van der Waals surface area contributed by atoms with E-state index in [4.69, 9.17) is 19.6 Å². The summed E-state index contributed by atoms with van der Waals surface area (Å²) < 4.78 is 41.2. The Labute approximate surface area is 230 Å². The lowest BCUT2D eigenvalue weighted by molar-refractivity contribution is -0.192. The minimum Gasteiger partial charge on any atom is -0.497 e. The number of ether oxygens (including phenoxy) is 1. The predicted octanol–water partition coefficient (Wildman–Crippen LogP) is 3.32. The standard InChI is InChI=1S/C25H32N6O2.C2HF3O2/c1-4-30-13-14-31-22(20-16-27-28(2)18-20)17-26-24(31)25(30)9-11-29(12-10-25)23(32)15-19-5-7-21(33-3)8-6-19;3-2(4,5)1(6)7/h5-8,16-18H,4,9-15H2,1-3H3;(H,6,7). The Bertz CT molecular complexity index is 1330. The molecule has 3 aromatic rings. The fourth-order valence-corrected chi connectivity index (χ4v) is 5.49. The summed E-state index contributed by atoms with van der Waals surface area (Å²) in [6.45, 7) is 6.63. The average molecular weight is 563 g/mol. The highest BCUT2D eigenvalue weighted by atomic mass is 19.4. The number of fused-ring (bicyclic) bond motifs is 2. The maximum Gasteiger partial charge on any atom is 0.490 e. The number of amides is 1. The molecule has 0 saturated carbocycles. The van der Waals surface area contributed by atoms with Crippen LogP contribution in [0.5, 0.6) is 5.75 Å². The summed E-state index contributed by atoms with van der Waals surface area (Å²) in [6, 6.07) is 7.76. The number of imidazole rings is 1. The van der Waals surface area contributed by atoms with E-state index in [-0.39, 0.29) is 11.4 Å². The van der Waals surface area contributed by atoms with Gasteiger partial charge in [0.1, 0.15) is 11.6 Å². The molecule has 2 aromatic heterocycles. The van der Waals surface area contributed by atoms with E-state index >= 15 is 0 Å². The third-order valence-electron chi connectivity index (χ3n) is 7.55. The van der Waals surface area contributed by atoms with Crippen LogP contribution in [0.15, 0.2) is 42.9 Å². The number of piperidine rings is 1. The fourth-order valence-electron chi connectivity index (χ4n) is 5.49. The average Bonchev–Trinajstić information content (AvgIpc) is 3.56. The SMILES string of the molecule is CCN1CCn2c(-c3cnn(C)c3)cnc2C12CCN(C(=O)Cc1ccc(OC)cc1)CC2.O=C(O)C(F)(F)F. The van der Waals surface area contributed by atoms with Crippen molar-refractivity contribution in [1.29, 1.82) is 0 Å². The van der Waals surface area contributed by atoms with Gasteiger partial charge in [0.25, 0.3) is 0 Å². The summed E-state index contributed by atoms with van der Waals surface area (Å²) in [5.41, 5.74) is 3.13. The number of aromatic nitrogens is 4. The number of hydrogen-bond acceptors (Lipinski definition) is 6. The minimum absolute atomic E-state index is 0.121. The van der Waals surface area contributed by atoms with E-state index in [2.05, 4.69) is 21.5 Å². The van der Waals surface area contributed by atoms with E-state index in [1.807, 2.05) is 59.5 Å². The van der Waals surface area contributed by atoms with Crippen LogP contribution in [-0.4, -0.2) is 85.6 Å². The Kier molecular flexibility index (Phi) is 8.52. The molecule has 40 heavy (non-hydrogen) atoms. The first-order chi connectivity index (χ1) is 19.0. The molecule has 13 heteroatoms. The molecule has 0 radical (unpaired) electrons. The number of aliphatic carboxylic acids is 1. The number of likely N-dealkylation sites (tertiary alicyclic amines) is 1. The molecule has 0 unspecified atom stereocenters. The summed E-state index contributed by atoms with van der Waals surface area (Å²) >= 11 is 0. The van der Waals surface area contributed by atoms with Gasteiger partial charge in [0.05, 0.1) is 37.2 Å². The second kappa shape index (κ2) is 11.7. The summed E-state index contributed by atoms with van der Waals surface area (Å²) in [7, 11) is 3.59. The van der Waals surface area contributed by atoms with Crippen molar-refractivity contribution in [2.45, 2.75) is 44.4 Å². The number of alkyl halides is 3. The van der Waals surface area contributed by atoms with Crippen LogP contribution in [0.1, 0.15) is 31.2 Å². The van der Waals surface area contributed by atoms with Crippen LogP contribution in [0.2, 0.25) is 0 Å². The smallest absolute Gasteiger partial charge is 0.490 e. The van der Waals surface area contributed by atoms with Crippen molar-refractivity contribution in [3.8, 4) is 17.0 Å². The van der Waals surface area contributed by atoms with Crippen LogP contribution in [0.4, 0.5) is 13.2 Å². The molecule has 216 valence electrons. The number of hydrogen-bond donors (Lipinski definition) is 1. The molecule has 0 bridgehead atoms. The van der Waals surface area contributed by atoms with Gasteiger partial charge < -0.3 is 19.3 Å².